The van der Waals surface area contributed by atoms with Crippen molar-refractivity contribution in [3.8, 4) is 0 Å². The highest BCUT2D eigenvalue weighted by atomic mass is 32.2. The highest BCUT2D eigenvalue weighted by Crippen LogP contribution is 1.99. The van der Waals surface area contributed by atoms with Crippen LogP contribution >= 0.6 is 24.0 Å². The Morgan fingerprint density at radius 2 is 2.38 bits per heavy atom. The molecular weight excluding hydrogens is 222 g/mol. The number of hydrogen-bond acceptors (Lipinski definition) is 3. The van der Waals surface area contributed by atoms with Gasteiger partial charge in [0.2, 0.25) is 0 Å². The third-order valence-electron chi connectivity index (χ3n) is 1.14. The first-order valence-corrected chi connectivity index (χ1v) is 7.07. The fourth-order valence-corrected chi connectivity index (χ4v) is 1.97. The molecule has 0 aliphatic carbocycles. The summed E-state index contributed by atoms with van der Waals surface area (Å²) < 4.78 is 11.5. The van der Waals surface area contributed by atoms with Gasteiger partial charge in [-0.15, -0.1) is 0 Å². The zero-order chi connectivity index (χ0) is 10.1. The van der Waals surface area contributed by atoms with E-state index < -0.39 is 10.8 Å². The Kier molecular flexibility index (Phi) is 8.80. The van der Waals surface area contributed by atoms with Gasteiger partial charge in [-0.1, -0.05) is 37.0 Å². The summed E-state index contributed by atoms with van der Waals surface area (Å²) in [5.74, 6) is 1.00. The molecule has 76 valence electrons. The Labute approximate surface area is 92.0 Å². The highest BCUT2D eigenvalue weighted by Gasteiger charge is 1.91. The molecule has 0 aromatic rings. The van der Waals surface area contributed by atoms with Crippen LogP contribution in [0, 0.1) is 0 Å². The summed E-state index contributed by atoms with van der Waals surface area (Å²) in [7, 11) is -0.830. The lowest BCUT2D eigenvalue weighted by Gasteiger charge is -2.03. The zero-order valence-electron chi connectivity index (χ0n) is 7.91. The minimum atomic E-state index is -0.830. The third kappa shape index (κ3) is 10.0. The molecule has 0 aliphatic rings. The fraction of sp³-hybridized carbons (Fsp3) is 0.625. The van der Waals surface area contributed by atoms with Gasteiger partial charge in [-0.2, -0.15) is 0 Å². The van der Waals surface area contributed by atoms with Crippen LogP contribution < -0.4 is 5.32 Å². The van der Waals surface area contributed by atoms with Crippen LogP contribution in [0.5, 0.6) is 0 Å². The molecule has 1 unspecified atom stereocenters. The Morgan fingerprint density at radius 3 is 2.92 bits per heavy atom. The molecule has 5 heteroatoms. The van der Waals surface area contributed by atoms with E-state index >= 15 is 0 Å². The molecule has 0 heterocycles. The SMILES string of the molecule is CCSC(=S)NCC/C=C/S(C)=O. The van der Waals surface area contributed by atoms with Gasteiger partial charge in [0.1, 0.15) is 4.32 Å². The van der Waals surface area contributed by atoms with E-state index in [0.717, 1.165) is 23.0 Å². The molecule has 13 heavy (non-hydrogen) atoms. The average Bonchev–Trinajstić information content (AvgIpc) is 2.03. The molecule has 1 N–H and O–H groups in total. The largest absolute Gasteiger partial charge is 0.371 e. The first-order valence-electron chi connectivity index (χ1n) is 4.06. The lowest BCUT2D eigenvalue weighted by molar-refractivity contribution is 0.691. The van der Waals surface area contributed by atoms with Crippen molar-refractivity contribution in [1.82, 2.24) is 5.32 Å². The van der Waals surface area contributed by atoms with Gasteiger partial charge in [0.05, 0.1) is 0 Å². The van der Waals surface area contributed by atoms with Crippen LogP contribution in [0.3, 0.4) is 0 Å². The van der Waals surface area contributed by atoms with Crippen molar-refractivity contribution in [2.45, 2.75) is 13.3 Å². The summed E-state index contributed by atoms with van der Waals surface area (Å²) in [5, 5.41) is 4.79. The first kappa shape index (κ1) is 13.1. The molecule has 0 radical (unpaired) electrons. The van der Waals surface area contributed by atoms with E-state index in [4.69, 9.17) is 12.2 Å². The van der Waals surface area contributed by atoms with Crippen molar-refractivity contribution < 1.29 is 4.21 Å². The van der Waals surface area contributed by atoms with Gasteiger partial charge in [0.25, 0.3) is 0 Å². The number of rotatable bonds is 5. The van der Waals surface area contributed by atoms with Crippen LogP contribution in [0.4, 0.5) is 0 Å². The number of nitrogens with one attached hydrogen (secondary N) is 1. The lowest BCUT2D eigenvalue weighted by atomic mass is 10.4. The molecule has 2 nitrogen and oxygen atoms in total. The third-order valence-corrected chi connectivity index (χ3v) is 2.91. The van der Waals surface area contributed by atoms with Crippen molar-refractivity contribution in [2.75, 3.05) is 18.6 Å². The molecule has 0 aliphatic heterocycles. The van der Waals surface area contributed by atoms with Crippen molar-refractivity contribution in [3.05, 3.63) is 11.5 Å². The van der Waals surface area contributed by atoms with Gasteiger partial charge in [0, 0.05) is 23.6 Å². The van der Waals surface area contributed by atoms with Crippen molar-refractivity contribution in [3.63, 3.8) is 0 Å². The topological polar surface area (TPSA) is 29.1 Å². The van der Waals surface area contributed by atoms with Gasteiger partial charge < -0.3 is 5.32 Å². The van der Waals surface area contributed by atoms with Gasteiger partial charge in [-0.3, -0.25) is 4.21 Å². The van der Waals surface area contributed by atoms with E-state index in [2.05, 4.69) is 12.2 Å². The molecule has 0 saturated carbocycles. The Hall–Kier alpha value is 0.130. The summed E-state index contributed by atoms with van der Waals surface area (Å²) in [4.78, 5) is 0. The van der Waals surface area contributed by atoms with Gasteiger partial charge in [-0.05, 0) is 17.6 Å². The molecule has 0 spiro atoms. The van der Waals surface area contributed by atoms with Gasteiger partial charge in [-0.25, -0.2) is 0 Å². The maximum absolute atomic E-state index is 10.6. The maximum Gasteiger partial charge on any atom is 0.133 e. The second kappa shape index (κ2) is 8.72. The predicted octanol–water partition coefficient (Wildman–Crippen LogP) is 1.90. The molecule has 1 atom stereocenters. The van der Waals surface area contributed by atoms with Crippen molar-refractivity contribution >= 4 is 39.1 Å². The molecule has 0 saturated heterocycles. The average molecular weight is 237 g/mol. The summed E-state index contributed by atoms with van der Waals surface area (Å²) in [5.41, 5.74) is 0. The quantitative estimate of drug-likeness (QED) is 0.584. The van der Waals surface area contributed by atoms with Crippen molar-refractivity contribution in [2.24, 2.45) is 0 Å². The number of thioether (sulfide) groups is 1. The Bertz CT molecular complexity index is 204. The Morgan fingerprint density at radius 1 is 1.69 bits per heavy atom. The molecule has 0 aromatic heterocycles. The smallest absolute Gasteiger partial charge is 0.133 e. The summed E-state index contributed by atoms with van der Waals surface area (Å²) in [6.07, 6.45) is 4.42. The number of hydrogen-bond donors (Lipinski definition) is 1. The standard InChI is InChI=1S/C8H15NOS3/c1-3-12-8(11)9-6-4-5-7-13(2)10/h5,7H,3-4,6H2,1-2H3,(H,9,11)/b7-5+. The monoisotopic (exact) mass is 237 g/mol. The maximum atomic E-state index is 10.6. The highest BCUT2D eigenvalue weighted by molar-refractivity contribution is 8.22. The molecular formula is C8H15NOS3. The van der Waals surface area contributed by atoms with Crippen LogP contribution in [0.2, 0.25) is 0 Å². The van der Waals surface area contributed by atoms with Crippen LogP contribution in [-0.2, 0) is 10.8 Å². The van der Waals surface area contributed by atoms with E-state index in [-0.39, 0.29) is 0 Å². The van der Waals surface area contributed by atoms with Crippen LogP contribution in [0.15, 0.2) is 11.5 Å². The fourth-order valence-electron chi connectivity index (χ4n) is 0.643. The summed E-state index contributed by atoms with van der Waals surface area (Å²) >= 11 is 6.65. The first-order chi connectivity index (χ1) is 6.16. The molecule has 0 aromatic carbocycles. The van der Waals surface area contributed by atoms with E-state index in [1.807, 2.05) is 6.08 Å². The van der Waals surface area contributed by atoms with E-state index in [1.165, 1.54) is 0 Å². The minimum Gasteiger partial charge on any atom is -0.371 e. The Balaban J connectivity index is 3.35. The molecule has 0 amide bonds. The summed E-state index contributed by atoms with van der Waals surface area (Å²) in [6.45, 7) is 2.89. The number of thiocarbonyl (C=S) groups is 1. The second-order valence-corrected chi connectivity index (χ2v) is 5.52. The predicted molar refractivity (Wildman–Crippen MR) is 66.6 cm³/mol. The van der Waals surface area contributed by atoms with Gasteiger partial charge in [0.15, 0.2) is 0 Å². The summed E-state index contributed by atoms with van der Waals surface area (Å²) in [6, 6.07) is 0. The second-order valence-electron chi connectivity index (χ2n) is 2.31. The molecule has 0 fully saturated rings. The van der Waals surface area contributed by atoms with Gasteiger partial charge >= 0.3 is 0 Å². The minimum absolute atomic E-state index is 0.819. The lowest BCUT2D eigenvalue weighted by Crippen LogP contribution is -2.19. The normalized spacial score (nSPS) is 13.1. The van der Waals surface area contributed by atoms with E-state index in [0.29, 0.717) is 0 Å². The van der Waals surface area contributed by atoms with E-state index in [9.17, 15) is 4.21 Å². The van der Waals surface area contributed by atoms with Crippen LogP contribution in [0.1, 0.15) is 13.3 Å². The van der Waals surface area contributed by atoms with Crippen LogP contribution in [-0.4, -0.2) is 27.1 Å². The zero-order valence-corrected chi connectivity index (χ0v) is 10.4. The van der Waals surface area contributed by atoms with E-state index in [1.54, 1.807) is 23.4 Å². The molecule has 0 bridgehead atoms. The van der Waals surface area contributed by atoms with Crippen LogP contribution in [0.25, 0.3) is 0 Å². The molecule has 0 rings (SSSR count). The van der Waals surface area contributed by atoms with Crippen molar-refractivity contribution in [1.29, 1.82) is 0 Å².